The fourth-order valence-corrected chi connectivity index (χ4v) is 10.1. The molecule has 0 aromatic heterocycles. The van der Waals surface area contributed by atoms with Gasteiger partial charge in [-0.3, -0.25) is 4.79 Å². The van der Waals surface area contributed by atoms with E-state index < -0.39 is 16.6 Å². The van der Waals surface area contributed by atoms with Crippen LogP contribution in [0, 0.1) is 34.5 Å². The van der Waals surface area contributed by atoms with Gasteiger partial charge in [0, 0.05) is 17.4 Å². The van der Waals surface area contributed by atoms with Crippen LogP contribution >= 0.6 is 0 Å². The molecular weight excluding hydrogens is 513 g/mol. The number of ketones is 1. The first-order valence-corrected chi connectivity index (χ1v) is 21.3. The largest absolute Gasteiger partial charge is 0.414 e. The van der Waals surface area contributed by atoms with Gasteiger partial charge in [-0.25, -0.2) is 0 Å². The number of nitrogens with zero attached hydrogens (tertiary/aromatic N) is 2. The number of oxime groups is 2. The number of allylic oxidation sites excluding steroid dienone is 2. The van der Waals surface area contributed by atoms with Gasteiger partial charge in [0.25, 0.3) is 0 Å². The van der Waals surface area contributed by atoms with Crippen LogP contribution < -0.4 is 0 Å². The van der Waals surface area contributed by atoms with Crippen LogP contribution in [-0.2, 0) is 23.3 Å². The molecule has 0 aromatic rings. The number of carbonyl (C=O) groups excluding carboxylic acids is 1. The fraction of sp³-hybridized carbons (Fsp3) is 0.828. The molecular formula is C29H50N2O5Si2. The predicted octanol–water partition coefficient (Wildman–Crippen LogP) is 6.43. The summed E-state index contributed by atoms with van der Waals surface area (Å²) in [4.78, 5) is 24.2. The second-order valence-corrected chi connectivity index (χ2v) is 23.2. The normalized spacial score (nSPS) is 38.4. The minimum absolute atomic E-state index is 0.0631. The van der Waals surface area contributed by atoms with Crippen LogP contribution in [-0.4, -0.2) is 61.3 Å². The smallest absolute Gasteiger partial charge is 0.184 e. The minimum atomic E-state index is -1.88. The van der Waals surface area contributed by atoms with Gasteiger partial charge < -0.3 is 18.5 Å². The summed E-state index contributed by atoms with van der Waals surface area (Å²) < 4.78 is 13.2. The van der Waals surface area contributed by atoms with Gasteiger partial charge in [-0.15, -0.1) is 0 Å². The monoisotopic (exact) mass is 562 g/mol. The van der Waals surface area contributed by atoms with E-state index in [4.69, 9.17) is 18.5 Å². The first-order valence-electron chi connectivity index (χ1n) is 14.5. The molecule has 3 saturated carbocycles. The number of carbonyl (C=O) groups is 1. The second kappa shape index (κ2) is 10.9. The molecule has 38 heavy (non-hydrogen) atoms. The Morgan fingerprint density at radius 3 is 2.42 bits per heavy atom. The van der Waals surface area contributed by atoms with Gasteiger partial charge in [0.05, 0.1) is 18.5 Å². The number of hydrogen-bond donors (Lipinski definition) is 0. The summed E-state index contributed by atoms with van der Waals surface area (Å²) in [5.74, 6) is 1.41. The lowest BCUT2D eigenvalue weighted by molar-refractivity contribution is -0.134. The van der Waals surface area contributed by atoms with Crippen LogP contribution in [0.5, 0.6) is 0 Å². The van der Waals surface area contributed by atoms with Gasteiger partial charge in [-0.2, -0.15) is 0 Å². The van der Waals surface area contributed by atoms with Crippen molar-refractivity contribution in [2.45, 2.75) is 97.3 Å². The summed E-state index contributed by atoms with van der Waals surface area (Å²) >= 11 is 0. The van der Waals surface area contributed by atoms with Crippen LogP contribution in [0.1, 0.15) is 51.9 Å². The summed E-state index contributed by atoms with van der Waals surface area (Å²) in [5.41, 5.74) is 2.26. The molecule has 0 aliphatic heterocycles. The van der Waals surface area contributed by atoms with Gasteiger partial charge in [0.2, 0.25) is 0 Å². The van der Waals surface area contributed by atoms with Crippen LogP contribution in [0.3, 0.4) is 0 Å². The third-order valence-corrected chi connectivity index (χ3v) is 11.7. The standard InChI is InChI=1S/C29H50N2O5Si2/c1-28-15-14-21(31-34-3)16-20(28)10-11-22-23-12-13-24(25(32)18-35-37(4,5)6)29(23,19-30-33-2)17-26(27(22)28)36-38(7,8)9/h16,19,22-24,26-27H,10-15,17-18H2,1-9H3/b30-19+,31-21-/t22-,23-,24-,26-,27+,28-,29+/m0/s1. The molecule has 4 aliphatic carbocycles. The molecule has 0 unspecified atom stereocenters. The van der Waals surface area contributed by atoms with Gasteiger partial charge in [-0.1, -0.05) is 22.8 Å². The van der Waals surface area contributed by atoms with Crippen molar-refractivity contribution in [3.8, 4) is 0 Å². The highest BCUT2D eigenvalue weighted by Gasteiger charge is 2.65. The van der Waals surface area contributed by atoms with Crippen LogP contribution in [0.25, 0.3) is 0 Å². The van der Waals surface area contributed by atoms with E-state index in [1.165, 1.54) is 5.57 Å². The molecule has 4 aliphatic rings. The Kier molecular flexibility index (Phi) is 8.54. The number of hydrogen-bond acceptors (Lipinski definition) is 7. The maximum atomic E-state index is 13.8. The molecule has 0 spiro atoms. The number of Topliss-reactive ketones (excluding diaryl/α,β-unsaturated/α-hetero) is 1. The van der Waals surface area contributed by atoms with E-state index in [1.807, 2.05) is 6.21 Å². The zero-order chi connectivity index (χ0) is 27.9. The van der Waals surface area contributed by atoms with Crippen molar-refractivity contribution in [1.29, 1.82) is 0 Å². The molecule has 0 amide bonds. The number of rotatable bonds is 9. The van der Waals surface area contributed by atoms with Crippen molar-refractivity contribution in [2.24, 2.45) is 44.8 Å². The molecule has 9 heteroatoms. The van der Waals surface area contributed by atoms with Crippen LogP contribution in [0.4, 0.5) is 0 Å². The van der Waals surface area contributed by atoms with E-state index in [2.05, 4.69) is 62.6 Å². The van der Waals surface area contributed by atoms with Crippen molar-refractivity contribution in [1.82, 2.24) is 0 Å². The van der Waals surface area contributed by atoms with Gasteiger partial charge in [-0.05, 0) is 113 Å². The first-order chi connectivity index (χ1) is 17.7. The van der Waals surface area contributed by atoms with Crippen LogP contribution in [0.15, 0.2) is 22.0 Å². The lowest BCUT2D eigenvalue weighted by Gasteiger charge is -2.61. The summed E-state index contributed by atoms with van der Waals surface area (Å²) in [6.07, 6.45) is 11.3. The summed E-state index contributed by atoms with van der Waals surface area (Å²) in [6.45, 7) is 16.0. The third-order valence-electron chi connectivity index (χ3n) is 9.64. The quantitative estimate of drug-likeness (QED) is 0.184. The highest BCUT2D eigenvalue weighted by atomic mass is 28.4. The lowest BCUT2D eigenvalue weighted by atomic mass is 9.45. The van der Waals surface area contributed by atoms with Crippen molar-refractivity contribution >= 4 is 34.3 Å². The molecule has 0 N–H and O–H groups in total. The van der Waals surface area contributed by atoms with Crippen molar-refractivity contribution in [3.05, 3.63) is 11.6 Å². The summed E-state index contributed by atoms with van der Waals surface area (Å²) in [5, 5.41) is 8.66. The highest BCUT2D eigenvalue weighted by Crippen LogP contribution is 2.67. The Bertz CT molecular complexity index is 984. The Labute approximate surface area is 232 Å². The SMILES string of the molecule is CO/N=C1\C=C2CC[C@@H]3[C@H]([C@@H](O[Si](C)(C)C)C[C@]4(/C=N/OC)[C@H](C(=O)CO[Si](C)(C)C)CC[C@@H]34)[C@@]2(C)CC1. The molecule has 214 valence electrons. The topological polar surface area (TPSA) is 78.7 Å². The third kappa shape index (κ3) is 5.76. The first kappa shape index (κ1) is 29.7. The Morgan fingerprint density at radius 1 is 1.05 bits per heavy atom. The van der Waals surface area contributed by atoms with E-state index in [0.29, 0.717) is 17.8 Å². The van der Waals surface area contributed by atoms with Crippen molar-refractivity contribution in [2.75, 3.05) is 20.8 Å². The lowest BCUT2D eigenvalue weighted by Crippen LogP contribution is -2.60. The van der Waals surface area contributed by atoms with E-state index >= 15 is 0 Å². The maximum absolute atomic E-state index is 13.8. The summed E-state index contributed by atoms with van der Waals surface area (Å²) in [7, 11) is -0.450. The predicted molar refractivity (Wildman–Crippen MR) is 157 cm³/mol. The molecule has 0 bridgehead atoms. The van der Waals surface area contributed by atoms with Crippen LogP contribution in [0.2, 0.25) is 39.3 Å². The molecule has 7 atom stereocenters. The average Bonchev–Trinajstić information content (AvgIpc) is 3.19. The van der Waals surface area contributed by atoms with Crippen molar-refractivity contribution in [3.63, 3.8) is 0 Å². The Morgan fingerprint density at radius 2 is 1.79 bits per heavy atom. The van der Waals surface area contributed by atoms with E-state index in [1.54, 1.807) is 14.2 Å². The molecule has 0 radical (unpaired) electrons. The molecule has 3 fully saturated rings. The molecule has 4 rings (SSSR count). The van der Waals surface area contributed by atoms with Crippen molar-refractivity contribution < 1.29 is 23.3 Å². The van der Waals surface area contributed by atoms with E-state index in [-0.39, 0.29) is 35.2 Å². The fourth-order valence-electron chi connectivity index (χ4n) is 8.36. The molecule has 7 nitrogen and oxygen atoms in total. The molecule has 0 saturated heterocycles. The Hall–Kier alpha value is -1.30. The Balaban J connectivity index is 1.76. The highest BCUT2D eigenvalue weighted by molar-refractivity contribution is 6.70. The second-order valence-electron chi connectivity index (χ2n) is 14.2. The molecule has 0 heterocycles. The van der Waals surface area contributed by atoms with E-state index in [0.717, 1.165) is 50.7 Å². The number of fused-ring (bicyclic) bond motifs is 5. The maximum Gasteiger partial charge on any atom is 0.184 e. The van der Waals surface area contributed by atoms with Gasteiger partial charge >= 0.3 is 0 Å². The molecule has 0 aromatic carbocycles. The zero-order valence-electron chi connectivity index (χ0n) is 25.1. The van der Waals surface area contributed by atoms with Gasteiger partial charge in [0.1, 0.15) is 14.2 Å². The minimum Gasteiger partial charge on any atom is -0.414 e. The average molecular weight is 563 g/mol. The van der Waals surface area contributed by atoms with Gasteiger partial charge in [0.15, 0.2) is 22.4 Å². The zero-order valence-corrected chi connectivity index (χ0v) is 27.1. The van der Waals surface area contributed by atoms with E-state index in [9.17, 15) is 4.79 Å². The summed E-state index contributed by atoms with van der Waals surface area (Å²) in [6, 6.07) is 0.